The SMILES string of the molecule is C[Se]N[C@@H](CS)C(=O)O. The summed E-state index contributed by atoms with van der Waals surface area (Å²) in [7, 11) is 0. The second kappa shape index (κ2) is 5.11. The van der Waals surface area contributed by atoms with Crippen LogP contribution in [0.3, 0.4) is 0 Å². The Hall–Kier alpha value is 0.299. The molecular formula is C4H9NO2SSe. The van der Waals surface area contributed by atoms with Crippen molar-refractivity contribution in [3.8, 4) is 0 Å². The van der Waals surface area contributed by atoms with Gasteiger partial charge in [0.15, 0.2) is 0 Å². The first kappa shape index (κ1) is 9.30. The van der Waals surface area contributed by atoms with Gasteiger partial charge in [-0.1, -0.05) is 0 Å². The molecule has 0 unspecified atom stereocenters. The van der Waals surface area contributed by atoms with Gasteiger partial charge in [-0.2, -0.15) is 0 Å². The van der Waals surface area contributed by atoms with Gasteiger partial charge in [-0.15, -0.1) is 0 Å². The molecular weight excluding hydrogens is 205 g/mol. The fourth-order valence-electron chi connectivity index (χ4n) is 0.308. The number of rotatable bonds is 4. The Kier molecular flexibility index (Phi) is 5.28. The van der Waals surface area contributed by atoms with Gasteiger partial charge in [0.1, 0.15) is 0 Å². The first-order chi connectivity index (χ1) is 4.22. The molecule has 0 bridgehead atoms. The molecule has 0 spiro atoms. The molecule has 0 aromatic rings. The van der Waals surface area contributed by atoms with Crippen LogP contribution in [0.4, 0.5) is 0 Å². The molecule has 0 aliphatic heterocycles. The molecule has 0 aliphatic carbocycles. The first-order valence-electron chi connectivity index (χ1n) is 2.34. The van der Waals surface area contributed by atoms with Crippen molar-refractivity contribution in [2.75, 3.05) is 5.75 Å². The van der Waals surface area contributed by atoms with E-state index in [1.807, 2.05) is 5.82 Å². The fraction of sp³-hybridized carbons (Fsp3) is 0.750. The van der Waals surface area contributed by atoms with E-state index in [1.165, 1.54) is 0 Å². The number of carbonyl (C=O) groups is 1. The van der Waals surface area contributed by atoms with Crippen LogP contribution in [0.25, 0.3) is 0 Å². The van der Waals surface area contributed by atoms with Crippen LogP contribution < -0.4 is 4.33 Å². The van der Waals surface area contributed by atoms with E-state index in [-0.39, 0.29) is 15.2 Å². The van der Waals surface area contributed by atoms with Crippen molar-refractivity contribution < 1.29 is 9.90 Å². The van der Waals surface area contributed by atoms with Crippen LogP contribution in [0.2, 0.25) is 5.82 Å². The van der Waals surface area contributed by atoms with E-state index in [1.54, 1.807) is 0 Å². The van der Waals surface area contributed by atoms with E-state index in [0.29, 0.717) is 5.75 Å². The number of hydrogen-bond donors (Lipinski definition) is 3. The van der Waals surface area contributed by atoms with E-state index in [2.05, 4.69) is 17.0 Å². The van der Waals surface area contributed by atoms with Gasteiger partial charge in [-0.25, -0.2) is 0 Å². The molecule has 0 saturated carbocycles. The van der Waals surface area contributed by atoms with Gasteiger partial charge in [0.2, 0.25) is 0 Å². The summed E-state index contributed by atoms with van der Waals surface area (Å²) in [6.45, 7) is 0. The molecule has 2 N–H and O–H groups in total. The summed E-state index contributed by atoms with van der Waals surface area (Å²) >= 11 is 4.06. The summed E-state index contributed by atoms with van der Waals surface area (Å²) in [5.41, 5.74) is 0. The van der Waals surface area contributed by atoms with Crippen LogP contribution in [-0.4, -0.2) is 38.0 Å². The Labute approximate surface area is 66.0 Å². The molecule has 0 rings (SSSR count). The van der Waals surface area contributed by atoms with Gasteiger partial charge in [0.25, 0.3) is 0 Å². The zero-order valence-corrected chi connectivity index (χ0v) is 7.60. The van der Waals surface area contributed by atoms with E-state index < -0.39 is 12.0 Å². The van der Waals surface area contributed by atoms with Crippen molar-refractivity contribution in [2.45, 2.75) is 11.9 Å². The average Bonchev–Trinajstić information content (AvgIpc) is 1.82. The molecule has 0 aromatic heterocycles. The maximum absolute atomic E-state index is 10.2. The van der Waals surface area contributed by atoms with Crippen LogP contribution >= 0.6 is 12.6 Å². The Balaban J connectivity index is 3.54. The van der Waals surface area contributed by atoms with Crippen LogP contribution in [0.15, 0.2) is 0 Å². The van der Waals surface area contributed by atoms with Gasteiger partial charge in [-0.05, 0) is 0 Å². The molecule has 3 nitrogen and oxygen atoms in total. The zero-order valence-electron chi connectivity index (χ0n) is 5.00. The predicted molar refractivity (Wildman–Crippen MR) is 40.0 cm³/mol. The molecule has 0 radical (unpaired) electrons. The third-order valence-electron chi connectivity index (χ3n) is 0.741. The zero-order chi connectivity index (χ0) is 7.28. The van der Waals surface area contributed by atoms with Gasteiger partial charge in [-0.3, -0.25) is 0 Å². The van der Waals surface area contributed by atoms with Crippen LogP contribution in [0, 0.1) is 0 Å². The Morgan fingerprint density at radius 2 is 2.56 bits per heavy atom. The number of nitrogens with one attached hydrogen (secondary N) is 1. The van der Waals surface area contributed by atoms with E-state index in [4.69, 9.17) is 5.11 Å². The van der Waals surface area contributed by atoms with Gasteiger partial charge in [0.05, 0.1) is 0 Å². The van der Waals surface area contributed by atoms with Gasteiger partial charge < -0.3 is 0 Å². The quantitative estimate of drug-likeness (QED) is 0.442. The van der Waals surface area contributed by atoms with Crippen molar-refractivity contribution >= 4 is 33.8 Å². The number of carboxylic acids is 1. The number of carboxylic acid groups (broad SMARTS) is 1. The molecule has 0 saturated heterocycles. The third kappa shape index (κ3) is 3.81. The Morgan fingerprint density at radius 3 is 2.67 bits per heavy atom. The molecule has 9 heavy (non-hydrogen) atoms. The van der Waals surface area contributed by atoms with Crippen molar-refractivity contribution in [1.29, 1.82) is 0 Å². The fourth-order valence-corrected chi connectivity index (χ4v) is 1.82. The summed E-state index contributed by atoms with van der Waals surface area (Å²) in [5.74, 6) is 1.45. The predicted octanol–water partition coefficient (Wildman–Crippen LogP) is -0.374. The molecule has 0 amide bonds. The molecule has 54 valence electrons. The van der Waals surface area contributed by atoms with Gasteiger partial charge >= 0.3 is 65.6 Å². The van der Waals surface area contributed by atoms with Crippen molar-refractivity contribution in [2.24, 2.45) is 0 Å². The van der Waals surface area contributed by atoms with E-state index in [9.17, 15) is 4.79 Å². The van der Waals surface area contributed by atoms with E-state index >= 15 is 0 Å². The minimum atomic E-state index is -0.825. The molecule has 0 aromatic carbocycles. The minimum absolute atomic E-state index is 0.200. The Morgan fingerprint density at radius 1 is 2.00 bits per heavy atom. The Bertz CT molecular complexity index is 101. The van der Waals surface area contributed by atoms with Crippen LogP contribution in [-0.2, 0) is 4.79 Å². The van der Waals surface area contributed by atoms with Crippen molar-refractivity contribution in [1.82, 2.24) is 4.33 Å². The monoisotopic (exact) mass is 215 g/mol. The summed E-state index contributed by atoms with van der Waals surface area (Å²) in [4.78, 5) is 10.2. The number of hydrogen-bond acceptors (Lipinski definition) is 3. The van der Waals surface area contributed by atoms with Gasteiger partial charge in [0, 0.05) is 0 Å². The molecule has 0 fully saturated rings. The van der Waals surface area contributed by atoms with Crippen molar-refractivity contribution in [3.05, 3.63) is 0 Å². The number of aliphatic carboxylic acids is 1. The standard InChI is InChI=1S/C4H9NO2SSe/c1-9-5-3(2-8)4(6)7/h3,5,8H,2H2,1H3,(H,6,7)/t3-/m0/s1. The second-order valence-corrected chi connectivity index (χ2v) is 3.11. The molecule has 0 aliphatic rings. The summed E-state index contributed by atoms with van der Waals surface area (Å²) in [6.07, 6.45) is 0. The maximum atomic E-state index is 10.2. The number of thiol groups is 1. The van der Waals surface area contributed by atoms with Crippen molar-refractivity contribution in [3.63, 3.8) is 0 Å². The second-order valence-electron chi connectivity index (χ2n) is 1.40. The summed E-state index contributed by atoms with van der Waals surface area (Å²) < 4.78 is 2.82. The van der Waals surface area contributed by atoms with Crippen LogP contribution in [0.1, 0.15) is 0 Å². The third-order valence-corrected chi connectivity index (χ3v) is 2.20. The normalized spacial score (nSPS) is 13.1. The topological polar surface area (TPSA) is 49.3 Å². The molecule has 5 heteroatoms. The summed E-state index contributed by atoms with van der Waals surface area (Å²) in [5, 5.41) is 8.40. The average molecular weight is 214 g/mol. The van der Waals surface area contributed by atoms with Crippen LogP contribution in [0.5, 0.6) is 0 Å². The molecule has 1 atom stereocenters. The van der Waals surface area contributed by atoms with E-state index in [0.717, 1.165) is 0 Å². The first-order valence-corrected chi connectivity index (χ1v) is 5.54. The summed E-state index contributed by atoms with van der Waals surface area (Å²) in [6, 6.07) is -0.474. The molecule has 0 heterocycles.